The van der Waals surface area contributed by atoms with Crippen molar-refractivity contribution in [3.63, 3.8) is 0 Å². The summed E-state index contributed by atoms with van der Waals surface area (Å²) in [6, 6.07) is 0.0816. The third-order valence-electron chi connectivity index (χ3n) is 14.0. The van der Waals surface area contributed by atoms with Crippen LogP contribution in [0.5, 0.6) is 0 Å². The molecule has 0 heterocycles. The quantitative estimate of drug-likeness (QED) is 0.0843. The molecule has 0 aromatic heterocycles. The average Bonchev–Trinajstić information content (AvgIpc) is 3.44. The zero-order valence-corrected chi connectivity index (χ0v) is 35.3. The lowest BCUT2D eigenvalue weighted by atomic mass is 9.46. The topological polar surface area (TPSA) is 143 Å². The number of rotatable bonds is 18. The Hall–Kier alpha value is -2.62. The van der Waals surface area contributed by atoms with Crippen molar-refractivity contribution in [2.45, 2.75) is 163 Å². The van der Waals surface area contributed by atoms with E-state index < -0.39 is 5.60 Å². The minimum Gasteiger partial charge on any atom is -0.444 e. The molecule has 5 unspecified atom stereocenters. The largest absolute Gasteiger partial charge is 0.444 e. The van der Waals surface area contributed by atoms with Gasteiger partial charge in [-0.25, -0.2) is 4.79 Å². The fourth-order valence-electron chi connectivity index (χ4n) is 11.2. The summed E-state index contributed by atoms with van der Waals surface area (Å²) >= 11 is 0. The molecule has 4 aliphatic rings. The van der Waals surface area contributed by atoms with Gasteiger partial charge in [0.25, 0.3) is 0 Å². The van der Waals surface area contributed by atoms with Crippen molar-refractivity contribution in [3.05, 3.63) is 11.6 Å². The molecule has 10 nitrogen and oxygen atoms in total. The second kappa shape index (κ2) is 19.5. The zero-order valence-electron chi connectivity index (χ0n) is 35.3. The third-order valence-corrected chi connectivity index (χ3v) is 14.0. The van der Waals surface area contributed by atoms with Crippen LogP contribution in [0.2, 0.25) is 0 Å². The molecule has 0 saturated heterocycles. The van der Waals surface area contributed by atoms with Gasteiger partial charge in [-0.2, -0.15) is 0 Å². The molecule has 4 aliphatic carbocycles. The maximum atomic E-state index is 13.7. The second-order valence-corrected chi connectivity index (χ2v) is 19.3. The summed E-state index contributed by atoms with van der Waals surface area (Å²) < 4.78 is 5.94. The summed E-state index contributed by atoms with van der Waals surface area (Å²) in [5.41, 5.74) is 6.99. The number of allylic oxidation sites excluding steroid dienone is 1. The van der Waals surface area contributed by atoms with Gasteiger partial charge in [-0.15, -0.1) is 0 Å². The molecule has 4 rings (SSSR count). The number of fused-ring (bicyclic) bond motifs is 5. The van der Waals surface area contributed by atoms with Gasteiger partial charge in [0, 0.05) is 58.0 Å². The monoisotopic (exact) mass is 756 g/mol. The molecule has 8 atom stereocenters. The number of nitrogens with zero attached hydrogens (tertiary/aromatic N) is 1. The van der Waals surface area contributed by atoms with Gasteiger partial charge >= 0.3 is 6.09 Å². The Morgan fingerprint density at radius 1 is 0.852 bits per heavy atom. The first-order valence-electron chi connectivity index (χ1n) is 21.7. The van der Waals surface area contributed by atoms with Crippen molar-refractivity contribution in [1.82, 2.24) is 20.9 Å². The lowest BCUT2D eigenvalue weighted by Gasteiger charge is -2.59. The Kier molecular flexibility index (Phi) is 15.9. The molecule has 0 bridgehead atoms. The maximum absolute atomic E-state index is 13.7. The highest BCUT2D eigenvalue weighted by molar-refractivity contribution is 5.80. The third kappa shape index (κ3) is 11.5. The van der Waals surface area contributed by atoms with E-state index in [0.29, 0.717) is 24.9 Å². The van der Waals surface area contributed by atoms with Crippen molar-refractivity contribution in [2.75, 3.05) is 32.7 Å². The Labute approximate surface area is 327 Å². The molecule has 0 spiro atoms. The lowest BCUT2D eigenvalue weighted by molar-refractivity contribution is -0.122. The number of carbonyl (C=O) groups excluding carboxylic acids is 4. The van der Waals surface area contributed by atoms with Gasteiger partial charge in [-0.1, -0.05) is 65.5 Å². The molecule has 54 heavy (non-hydrogen) atoms. The van der Waals surface area contributed by atoms with Crippen LogP contribution in [0.25, 0.3) is 0 Å². The fraction of sp³-hybridized carbons (Fsp3) is 0.864. The van der Waals surface area contributed by atoms with Crippen LogP contribution in [-0.4, -0.2) is 73.1 Å². The highest BCUT2D eigenvalue weighted by atomic mass is 16.6. The highest BCUT2D eigenvalue weighted by Gasteiger charge is 2.59. The first-order chi connectivity index (χ1) is 25.5. The number of nitrogens with one attached hydrogen (secondary N) is 3. The van der Waals surface area contributed by atoms with E-state index in [0.717, 1.165) is 54.8 Å². The maximum Gasteiger partial charge on any atom is 0.410 e. The summed E-state index contributed by atoms with van der Waals surface area (Å²) in [7, 11) is 0. The van der Waals surface area contributed by atoms with Gasteiger partial charge in [0.2, 0.25) is 17.7 Å². The van der Waals surface area contributed by atoms with Crippen molar-refractivity contribution in [2.24, 2.45) is 52.1 Å². The lowest BCUT2D eigenvalue weighted by Crippen LogP contribution is -2.53. The van der Waals surface area contributed by atoms with Gasteiger partial charge in [0.15, 0.2) is 0 Å². The van der Waals surface area contributed by atoms with Crippen LogP contribution in [0.15, 0.2) is 11.6 Å². The number of ether oxygens (including phenoxy) is 1. The summed E-state index contributed by atoms with van der Waals surface area (Å²) in [6.45, 7) is 19.9. The number of amides is 4. The first kappa shape index (κ1) is 44.1. The van der Waals surface area contributed by atoms with Gasteiger partial charge < -0.3 is 31.3 Å². The number of nitrogens with two attached hydrogens (primary N) is 1. The molecule has 0 aromatic carbocycles. The molecule has 10 heteroatoms. The van der Waals surface area contributed by atoms with Crippen LogP contribution in [0, 0.1) is 46.3 Å². The minimum absolute atomic E-state index is 0.0816. The molecule has 3 saturated carbocycles. The normalized spacial score (nSPS) is 29.6. The SMILES string of the molecule is CC(C)CCC[C@@H](C)C1CC[C@H]2C3CC=C4C[C@@H](N(CCCNC(=O)CCNC(=O)CCNC(=O)CCN)C(=O)OC(C)(C)C)CCC4(C)C3CCC12C. The van der Waals surface area contributed by atoms with Gasteiger partial charge in [0.05, 0.1) is 0 Å². The van der Waals surface area contributed by atoms with Crippen LogP contribution < -0.4 is 21.7 Å². The fourth-order valence-corrected chi connectivity index (χ4v) is 11.2. The Bertz CT molecular complexity index is 1310. The van der Waals surface area contributed by atoms with E-state index in [1.807, 2.05) is 25.7 Å². The second-order valence-electron chi connectivity index (χ2n) is 19.3. The van der Waals surface area contributed by atoms with Crippen LogP contribution >= 0.6 is 0 Å². The molecule has 0 aliphatic heterocycles. The van der Waals surface area contributed by atoms with Crippen molar-refractivity contribution in [3.8, 4) is 0 Å². The average molecular weight is 756 g/mol. The number of carbonyl (C=O) groups is 4. The van der Waals surface area contributed by atoms with E-state index in [9.17, 15) is 19.2 Å². The van der Waals surface area contributed by atoms with Crippen molar-refractivity contribution < 1.29 is 23.9 Å². The molecule has 0 aromatic rings. The highest BCUT2D eigenvalue weighted by Crippen LogP contribution is 2.67. The van der Waals surface area contributed by atoms with Crippen LogP contribution in [-0.2, 0) is 19.1 Å². The molecule has 4 amide bonds. The predicted octanol–water partition coefficient (Wildman–Crippen LogP) is 7.50. The molecule has 3 fully saturated rings. The Morgan fingerprint density at radius 2 is 1.50 bits per heavy atom. The molecular weight excluding hydrogens is 679 g/mol. The molecule has 5 N–H and O–H groups in total. The zero-order chi connectivity index (χ0) is 39.7. The molecule has 0 radical (unpaired) electrons. The minimum atomic E-state index is -0.593. The van der Waals surface area contributed by atoms with Crippen molar-refractivity contribution in [1.29, 1.82) is 0 Å². The van der Waals surface area contributed by atoms with E-state index in [1.165, 1.54) is 51.4 Å². The van der Waals surface area contributed by atoms with Gasteiger partial charge in [-0.3, -0.25) is 14.4 Å². The smallest absolute Gasteiger partial charge is 0.410 e. The predicted molar refractivity (Wildman–Crippen MR) is 216 cm³/mol. The van der Waals surface area contributed by atoms with E-state index in [4.69, 9.17) is 10.5 Å². The molecule has 308 valence electrons. The van der Waals surface area contributed by atoms with E-state index in [-0.39, 0.29) is 74.2 Å². The summed E-state index contributed by atoms with van der Waals surface area (Å²) in [4.78, 5) is 51.7. The number of hydrogen-bond donors (Lipinski definition) is 4. The summed E-state index contributed by atoms with van der Waals surface area (Å²) in [5.74, 6) is 4.24. The molecular formula is C44H77N5O5. The standard InChI is InChI=1S/C44H77N5O5/c1-30(2)11-9-12-31(3)35-15-16-36-34-14-13-32-29-33(17-22-43(32,7)37(34)18-23-44(35,36)8)49(41(53)54-42(4,5)6)28-10-25-46-39(51)20-27-48-40(52)21-26-47-38(50)19-24-45/h13,30-31,33-37H,9-12,14-29,45H2,1-8H3,(H,46,51)(H,47,50)(H,48,52)/t31-,33+,34?,35?,36+,37?,43?,44?/m1/s1. The van der Waals surface area contributed by atoms with Gasteiger partial charge in [-0.05, 0) is 125 Å². The van der Waals surface area contributed by atoms with E-state index >= 15 is 0 Å². The Morgan fingerprint density at radius 3 is 2.13 bits per heavy atom. The Balaban J connectivity index is 1.30. The van der Waals surface area contributed by atoms with Crippen LogP contribution in [0.3, 0.4) is 0 Å². The van der Waals surface area contributed by atoms with Crippen LogP contribution in [0.1, 0.15) is 152 Å². The number of hydrogen-bond acceptors (Lipinski definition) is 6. The van der Waals surface area contributed by atoms with E-state index in [2.05, 4.69) is 56.6 Å². The van der Waals surface area contributed by atoms with Crippen molar-refractivity contribution >= 4 is 23.8 Å². The first-order valence-corrected chi connectivity index (χ1v) is 21.7. The van der Waals surface area contributed by atoms with Crippen LogP contribution in [0.4, 0.5) is 4.79 Å². The summed E-state index contributed by atoms with van der Waals surface area (Å²) in [6.07, 6.45) is 17.2. The van der Waals surface area contributed by atoms with Gasteiger partial charge in [0.1, 0.15) is 5.60 Å². The van der Waals surface area contributed by atoms with E-state index in [1.54, 1.807) is 5.57 Å². The summed E-state index contributed by atoms with van der Waals surface area (Å²) in [5, 5.41) is 8.33.